The molecule has 9 nitrogen and oxygen atoms in total. The number of H-pyrrole nitrogens is 1. The van der Waals surface area contributed by atoms with Crippen molar-refractivity contribution in [2.45, 2.75) is 52.4 Å². The average Bonchev–Trinajstić information content (AvgIpc) is 3.62. The van der Waals surface area contributed by atoms with Gasteiger partial charge in [-0.15, -0.1) is 5.10 Å². The van der Waals surface area contributed by atoms with E-state index in [1.54, 1.807) is 6.26 Å². The molecule has 1 atom stereocenters. The molecule has 2 aromatic carbocycles. The molecule has 196 valence electrons. The third-order valence-corrected chi connectivity index (χ3v) is 6.66. The summed E-state index contributed by atoms with van der Waals surface area (Å²) >= 11 is 0. The number of ether oxygens (including phenoxy) is 1. The number of hydrogen-bond acceptors (Lipinski definition) is 7. The Morgan fingerprint density at radius 1 is 1.05 bits per heavy atom. The van der Waals surface area contributed by atoms with Crippen molar-refractivity contribution in [1.29, 1.82) is 0 Å². The summed E-state index contributed by atoms with van der Waals surface area (Å²) in [6.07, 6.45) is 3.24. The summed E-state index contributed by atoms with van der Waals surface area (Å²) in [7, 11) is 0. The van der Waals surface area contributed by atoms with Gasteiger partial charge in [0.05, 0.1) is 25.5 Å². The van der Waals surface area contributed by atoms with Gasteiger partial charge >= 0.3 is 0 Å². The molecule has 0 fully saturated rings. The Hall–Kier alpha value is -4.24. The lowest BCUT2D eigenvalue weighted by atomic mass is 10.1. The van der Waals surface area contributed by atoms with Gasteiger partial charge in [-0.25, -0.2) is 4.68 Å². The van der Waals surface area contributed by atoms with Crippen LogP contribution < -0.4 is 10.3 Å². The van der Waals surface area contributed by atoms with Crippen LogP contribution in [0.4, 0.5) is 0 Å². The summed E-state index contributed by atoms with van der Waals surface area (Å²) in [5.41, 5.74) is 2.53. The van der Waals surface area contributed by atoms with Gasteiger partial charge < -0.3 is 14.1 Å². The van der Waals surface area contributed by atoms with E-state index in [1.165, 1.54) is 5.56 Å². The molecule has 0 aliphatic carbocycles. The minimum absolute atomic E-state index is 0.121. The molecule has 3 aromatic heterocycles. The Morgan fingerprint density at radius 3 is 2.68 bits per heavy atom. The number of hydrogen-bond donors (Lipinski definition) is 1. The monoisotopic (exact) mass is 512 g/mol. The topological polar surface area (TPSA) is 102 Å². The Labute approximate surface area is 221 Å². The molecule has 0 amide bonds. The van der Waals surface area contributed by atoms with Crippen LogP contribution in [0.15, 0.2) is 82.2 Å². The number of nitrogens with zero attached hydrogens (tertiary/aromatic N) is 5. The summed E-state index contributed by atoms with van der Waals surface area (Å²) in [6.45, 7) is 6.20. The van der Waals surface area contributed by atoms with Crippen molar-refractivity contribution in [2.24, 2.45) is 0 Å². The second kappa shape index (κ2) is 11.9. The van der Waals surface area contributed by atoms with Crippen LogP contribution in [0.5, 0.6) is 5.75 Å². The molecule has 0 saturated heterocycles. The number of aromatic amines is 1. The first-order valence-corrected chi connectivity index (χ1v) is 13.0. The van der Waals surface area contributed by atoms with E-state index in [9.17, 15) is 4.79 Å². The van der Waals surface area contributed by atoms with E-state index in [4.69, 9.17) is 9.15 Å². The largest absolute Gasteiger partial charge is 0.494 e. The van der Waals surface area contributed by atoms with Crippen LogP contribution in [0, 0.1) is 0 Å². The molecular formula is C29H32N6O3. The molecule has 0 unspecified atom stereocenters. The Bertz CT molecular complexity index is 1510. The maximum absolute atomic E-state index is 13.1. The lowest BCUT2D eigenvalue weighted by molar-refractivity contribution is 0.148. The van der Waals surface area contributed by atoms with Crippen molar-refractivity contribution in [3.8, 4) is 5.75 Å². The highest BCUT2D eigenvalue weighted by atomic mass is 16.5. The number of fused-ring (bicyclic) bond motifs is 1. The molecule has 0 bridgehead atoms. The van der Waals surface area contributed by atoms with Crippen LogP contribution in [0.2, 0.25) is 0 Å². The van der Waals surface area contributed by atoms with Crippen LogP contribution >= 0.6 is 0 Å². The first-order valence-electron chi connectivity index (χ1n) is 13.0. The van der Waals surface area contributed by atoms with Gasteiger partial charge in [-0.05, 0) is 72.2 Å². The van der Waals surface area contributed by atoms with Gasteiger partial charge in [-0.1, -0.05) is 37.3 Å². The Kier molecular flexibility index (Phi) is 7.94. The lowest BCUT2D eigenvalue weighted by Crippen LogP contribution is -2.32. The van der Waals surface area contributed by atoms with Crippen molar-refractivity contribution in [1.82, 2.24) is 30.1 Å². The highest BCUT2D eigenvalue weighted by Gasteiger charge is 2.26. The van der Waals surface area contributed by atoms with Crippen molar-refractivity contribution in [3.63, 3.8) is 0 Å². The van der Waals surface area contributed by atoms with Crippen LogP contribution in [0.3, 0.4) is 0 Å². The maximum Gasteiger partial charge on any atom is 0.252 e. The molecule has 5 rings (SSSR count). The van der Waals surface area contributed by atoms with E-state index < -0.39 is 0 Å². The number of benzene rings is 2. The molecule has 0 saturated carbocycles. The molecule has 1 N–H and O–H groups in total. The molecule has 0 spiro atoms. The van der Waals surface area contributed by atoms with E-state index >= 15 is 0 Å². The van der Waals surface area contributed by atoms with Crippen molar-refractivity contribution in [3.05, 3.63) is 106 Å². The second-order valence-corrected chi connectivity index (χ2v) is 9.21. The molecule has 9 heteroatoms. The molecule has 0 aliphatic heterocycles. The number of nitrogens with one attached hydrogen (secondary N) is 1. The minimum Gasteiger partial charge on any atom is -0.494 e. The number of tetrazole rings is 1. The fourth-order valence-electron chi connectivity index (χ4n) is 4.79. The first kappa shape index (κ1) is 25.4. The van der Waals surface area contributed by atoms with E-state index in [0.717, 1.165) is 41.1 Å². The van der Waals surface area contributed by atoms with Crippen LogP contribution in [-0.2, 0) is 26.1 Å². The molecule has 0 radical (unpaired) electrons. The van der Waals surface area contributed by atoms with Gasteiger partial charge in [0.1, 0.15) is 11.5 Å². The minimum atomic E-state index is -0.129. The van der Waals surface area contributed by atoms with Crippen molar-refractivity contribution < 1.29 is 9.15 Å². The van der Waals surface area contributed by atoms with Crippen LogP contribution in [-0.4, -0.2) is 36.7 Å². The maximum atomic E-state index is 13.1. The number of pyridine rings is 1. The van der Waals surface area contributed by atoms with Crippen LogP contribution in [0.25, 0.3) is 10.9 Å². The molecule has 0 aliphatic rings. The molecule has 3 heterocycles. The quantitative estimate of drug-likeness (QED) is 0.254. The zero-order valence-electron chi connectivity index (χ0n) is 21.7. The summed E-state index contributed by atoms with van der Waals surface area (Å²) in [5, 5.41) is 13.6. The fraction of sp³-hybridized carbons (Fsp3) is 0.310. The molecule has 5 aromatic rings. The van der Waals surface area contributed by atoms with Gasteiger partial charge in [0.15, 0.2) is 5.82 Å². The van der Waals surface area contributed by atoms with E-state index in [2.05, 4.69) is 44.5 Å². The number of aromatic nitrogens is 5. The molecule has 38 heavy (non-hydrogen) atoms. The SMILES string of the molecule is CCOc1ccc2[nH]c(=O)c(CN(Cc3ccco3)[C@@H](CC)c3nnnn3CCc3ccccc3)cc2c1. The van der Waals surface area contributed by atoms with Gasteiger partial charge in [-0.3, -0.25) is 9.69 Å². The third-order valence-electron chi connectivity index (χ3n) is 6.66. The van der Waals surface area contributed by atoms with Gasteiger partial charge in [-0.2, -0.15) is 0 Å². The van der Waals surface area contributed by atoms with E-state index in [0.29, 0.717) is 31.8 Å². The van der Waals surface area contributed by atoms with E-state index in [-0.39, 0.29) is 11.6 Å². The number of furan rings is 1. The average molecular weight is 513 g/mol. The Morgan fingerprint density at radius 2 is 1.92 bits per heavy atom. The van der Waals surface area contributed by atoms with Crippen molar-refractivity contribution >= 4 is 10.9 Å². The third kappa shape index (κ3) is 5.84. The summed E-state index contributed by atoms with van der Waals surface area (Å²) in [6, 6.07) is 21.6. The van der Waals surface area contributed by atoms with Crippen LogP contribution in [0.1, 0.15) is 49.0 Å². The standard InChI is InChI=1S/C29H32N6O3/c1-3-27(28-31-32-33-35(28)15-14-21-9-6-5-7-10-21)34(20-25-11-8-16-38-25)19-23-17-22-18-24(37-4-2)12-13-26(22)30-29(23)36/h5-13,16-18,27H,3-4,14-15,19-20H2,1-2H3,(H,30,36)/t27-/m0/s1. The second-order valence-electron chi connectivity index (χ2n) is 9.21. The normalized spacial score (nSPS) is 12.3. The van der Waals surface area contributed by atoms with E-state index in [1.807, 2.05) is 66.2 Å². The zero-order valence-corrected chi connectivity index (χ0v) is 21.7. The highest BCUT2D eigenvalue weighted by Crippen LogP contribution is 2.27. The summed E-state index contributed by atoms with van der Waals surface area (Å²) in [4.78, 5) is 18.4. The summed E-state index contributed by atoms with van der Waals surface area (Å²) < 4.78 is 13.2. The fourth-order valence-corrected chi connectivity index (χ4v) is 4.79. The van der Waals surface area contributed by atoms with Gasteiger partial charge in [0.25, 0.3) is 5.56 Å². The lowest BCUT2D eigenvalue weighted by Gasteiger charge is -2.29. The predicted octanol–water partition coefficient (Wildman–Crippen LogP) is 4.90. The summed E-state index contributed by atoms with van der Waals surface area (Å²) in [5.74, 6) is 2.35. The van der Waals surface area contributed by atoms with Crippen molar-refractivity contribution in [2.75, 3.05) is 6.61 Å². The molecular weight excluding hydrogens is 480 g/mol. The smallest absolute Gasteiger partial charge is 0.252 e. The zero-order chi connectivity index (χ0) is 26.3. The first-order chi connectivity index (χ1) is 18.6. The number of rotatable bonds is 12. The van der Waals surface area contributed by atoms with Gasteiger partial charge in [0.2, 0.25) is 0 Å². The predicted molar refractivity (Wildman–Crippen MR) is 145 cm³/mol. The Balaban J connectivity index is 1.46. The number of aryl methyl sites for hydroxylation is 2. The van der Waals surface area contributed by atoms with Gasteiger partial charge in [0, 0.05) is 29.6 Å². The highest BCUT2D eigenvalue weighted by molar-refractivity contribution is 5.80.